The SMILES string of the molecule is Cc1nnc2n1-c1c(cc(F)c(-c3cccc4c3cnn4S(C)(=O)=O)c1C(F)(F)F)NC2(C)C. The van der Waals surface area contributed by atoms with Crippen LogP contribution in [0.4, 0.5) is 23.2 Å². The van der Waals surface area contributed by atoms with Gasteiger partial charge in [-0.2, -0.15) is 22.4 Å². The summed E-state index contributed by atoms with van der Waals surface area (Å²) in [7, 11) is -3.84. The van der Waals surface area contributed by atoms with Gasteiger partial charge in [0.2, 0.25) is 0 Å². The van der Waals surface area contributed by atoms with E-state index in [9.17, 15) is 21.6 Å². The van der Waals surface area contributed by atoms with Crippen LogP contribution in [0.2, 0.25) is 0 Å². The molecule has 5 rings (SSSR count). The summed E-state index contributed by atoms with van der Waals surface area (Å²) < 4.78 is 85.6. The second kappa shape index (κ2) is 6.78. The Balaban J connectivity index is 1.93. The number of fused-ring (bicyclic) bond motifs is 4. The minimum absolute atomic E-state index is 0.0330. The number of hydrogen-bond acceptors (Lipinski definition) is 6. The fraction of sp³-hybridized carbons (Fsp3) is 0.286. The van der Waals surface area contributed by atoms with E-state index >= 15 is 4.39 Å². The third-order valence-electron chi connectivity index (χ3n) is 5.75. The van der Waals surface area contributed by atoms with Crippen molar-refractivity contribution in [1.29, 1.82) is 0 Å². The van der Waals surface area contributed by atoms with Crippen LogP contribution in [0.15, 0.2) is 30.5 Å². The van der Waals surface area contributed by atoms with Crippen molar-refractivity contribution >= 4 is 26.6 Å². The number of nitrogens with one attached hydrogen (secondary N) is 1. The molecular formula is C21H18F4N6O2S. The maximum atomic E-state index is 15.6. The average molecular weight is 494 g/mol. The quantitative estimate of drug-likeness (QED) is 0.420. The van der Waals surface area contributed by atoms with Crippen molar-refractivity contribution in [2.45, 2.75) is 32.5 Å². The molecule has 2 aromatic heterocycles. The number of aryl methyl sites for hydroxylation is 1. The van der Waals surface area contributed by atoms with Gasteiger partial charge in [-0.15, -0.1) is 10.2 Å². The van der Waals surface area contributed by atoms with Crippen molar-refractivity contribution in [3.05, 3.63) is 53.5 Å². The fourth-order valence-corrected chi connectivity index (χ4v) is 5.18. The molecule has 8 nitrogen and oxygen atoms in total. The Morgan fingerprint density at radius 2 is 1.85 bits per heavy atom. The lowest BCUT2D eigenvalue weighted by Gasteiger charge is -2.36. The van der Waals surface area contributed by atoms with Crippen LogP contribution in [-0.2, 0) is 21.7 Å². The molecule has 0 atom stereocenters. The summed E-state index contributed by atoms with van der Waals surface area (Å²) in [5.74, 6) is -0.677. The molecule has 1 aliphatic heterocycles. The average Bonchev–Trinajstić information content (AvgIpc) is 3.30. The predicted molar refractivity (Wildman–Crippen MR) is 117 cm³/mol. The summed E-state index contributed by atoms with van der Waals surface area (Å²) in [6, 6.07) is 5.06. The van der Waals surface area contributed by atoms with Gasteiger partial charge in [-0.1, -0.05) is 12.1 Å². The van der Waals surface area contributed by atoms with Gasteiger partial charge in [0, 0.05) is 10.9 Å². The lowest BCUT2D eigenvalue weighted by atomic mass is 9.91. The number of nitrogens with zero attached hydrogens (tertiary/aromatic N) is 5. The Hall–Kier alpha value is -3.48. The van der Waals surface area contributed by atoms with Gasteiger partial charge in [-0.25, -0.2) is 12.8 Å². The van der Waals surface area contributed by atoms with Gasteiger partial charge in [-0.3, -0.25) is 4.57 Å². The summed E-state index contributed by atoms with van der Waals surface area (Å²) in [6.45, 7) is 4.92. The minimum atomic E-state index is -4.98. The van der Waals surface area contributed by atoms with Gasteiger partial charge in [-0.05, 0) is 38.5 Å². The van der Waals surface area contributed by atoms with Crippen LogP contribution >= 0.6 is 0 Å². The normalized spacial score (nSPS) is 15.2. The Morgan fingerprint density at radius 1 is 1.15 bits per heavy atom. The standard InChI is InChI=1S/C21H18F4N6O2S/c1-10-28-29-19-20(2,3)27-14-8-13(22)16(17(21(23,24)25)18(14)30(10)19)11-6-5-7-15-12(11)9-26-31(15)34(4,32)33/h5-9,27H,1-4H3. The maximum absolute atomic E-state index is 15.6. The smallest absolute Gasteiger partial charge is 0.371 e. The van der Waals surface area contributed by atoms with E-state index in [1.54, 1.807) is 13.8 Å². The van der Waals surface area contributed by atoms with Crippen LogP contribution < -0.4 is 5.32 Å². The number of aromatic nitrogens is 5. The van der Waals surface area contributed by atoms with Gasteiger partial charge >= 0.3 is 6.18 Å². The molecule has 0 radical (unpaired) electrons. The first-order valence-corrected chi connectivity index (χ1v) is 11.9. The Bertz CT molecular complexity index is 1600. The van der Waals surface area contributed by atoms with Gasteiger partial charge in [0.1, 0.15) is 11.6 Å². The number of halogens is 4. The van der Waals surface area contributed by atoms with Gasteiger partial charge in [0.05, 0.1) is 40.4 Å². The molecule has 178 valence electrons. The molecule has 2 aromatic carbocycles. The molecule has 1 aliphatic rings. The van der Waals surface area contributed by atoms with Crippen molar-refractivity contribution in [1.82, 2.24) is 24.0 Å². The van der Waals surface area contributed by atoms with Crippen LogP contribution in [0.25, 0.3) is 27.7 Å². The topological polar surface area (TPSA) is 94.7 Å². The number of hydrogen-bond donors (Lipinski definition) is 1. The van der Waals surface area contributed by atoms with Gasteiger partial charge < -0.3 is 5.32 Å². The molecule has 0 unspecified atom stereocenters. The Morgan fingerprint density at radius 3 is 2.50 bits per heavy atom. The number of rotatable bonds is 2. The molecule has 0 bridgehead atoms. The van der Waals surface area contributed by atoms with Crippen molar-refractivity contribution in [3.8, 4) is 16.8 Å². The molecule has 0 aliphatic carbocycles. The molecule has 1 N–H and O–H groups in total. The van der Waals surface area contributed by atoms with Gasteiger partial charge in [0.15, 0.2) is 5.82 Å². The van der Waals surface area contributed by atoms with Crippen LogP contribution in [0.5, 0.6) is 0 Å². The Labute approximate surface area is 191 Å². The van der Waals surface area contributed by atoms with E-state index in [0.29, 0.717) is 4.09 Å². The van der Waals surface area contributed by atoms with E-state index in [2.05, 4.69) is 20.6 Å². The lowest BCUT2D eigenvalue weighted by molar-refractivity contribution is -0.137. The molecule has 4 aromatic rings. The van der Waals surface area contributed by atoms with Crippen molar-refractivity contribution in [2.75, 3.05) is 11.6 Å². The largest absolute Gasteiger partial charge is 0.419 e. The first kappa shape index (κ1) is 22.3. The third-order valence-corrected chi connectivity index (χ3v) is 6.67. The van der Waals surface area contributed by atoms with Gasteiger partial charge in [0.25, 0.3) is 10.0 Å². The molecule has 0 saturated carbocycles. The van der Waals surface area contributed by atoms with E-state index in [-0.39, 0.29) is 39.5 Å². The predicted octanol–water partition coefficient (Wildman–Crippen LogP) is 4.22. The highest BCUT2D eigenvalue weighted by Gasteiger charge is 2.45. The van der Waals surface area contributed by atoms with E-state index in [0.717, 1.165) is 18.5 Å². The summed E-state index contributed by atoms with van der Waals surface area (Å²) in [5.41, 5.74) is -3.36. The van der Waals surface area contributed by atoms with Crippen LogP contribution in [0.3, 0.4) is 0 Å². The fourth-order valence-electron chi connectivity index (χ4n) is 4.44. The van der Waals surface area contributed by atoms with Crippen LogP contribution in [0.1, 0.15) is 31.1 Å². The molecule has 0 amide bonds. The van der Waals surface area contributed by atoms with Crippen molar-refractivity contribution < 1.29 is 26.0 Å². The molecule has 3 heterocycles. The lowest BCUT2D eigenvalue weighted by Crippen LogP contribution is -2.37. The number of benzene rings is 2. The molecule has 34 heavy (non-hydrogen) atoms. The molecule has 0 saturated heterocycles. The van der Waals surface area contributed by atoms with Crippen LogP contribution in [0, 0.1) is 12.7 Å². The molecular weight excluding hydrogens is 476 g/mol. The zero-order valence-electron chi connectivity index (χ0n) is 18.4. The highest BCUT2D eigenvalue weighted by molar-refractivity contribution is 7.89. The first-order valence-electron chi connectivity index (χ1n) is 10.0. The van der Waals surface area contributed by atoms with E-state index in [4.69, 9.17) is 0 Å². The summed E-state index contributed by atoms with van der Waals surface area (Å²) in [6.07, 6.45) is -2.95. The zero-order chi connectivity index (χ0) is 24.8. The van der Waals surface area contributed by atoms with Crippen molar-refractivity contribution in [2.24, 2.45) is 0 Å². The highest BCUT2D eigenvalue weighted by atomic mass is 32.2. The third kappa shape index (κ3) is 3.10. The number of alkyl halides is 3. The zero-order valence-corrected chi connectivity index (χ0v) is 19.2. The molecule has 0 spiro atoms. The molecule has 0 fully saturated rings. The summed E-state index contributed by atoms with van der Waals surface area (Å²) in [5, 5.41) is 14.8. The number of anilines is 1. The first-order chi connectivity index (χ1) is 15.7. The monoisotopic (exact) mass is 494 g/mol. The summed E-state index contributed by atoms with van der Waals surface area (Å²) >= 11 is 0. The summed E-state index contributed by atoms with van der Waals surface area (Å²) in [4.78, 5) is 0. The minimum Gasteiger partial charge on any atom is -0.371 e. The van der Waals surface area contributed by atoms with Crippen LogP contribution in [-0.4, -0.2) is 38.6 Å². The second-order valence-electron chi connectivity index (χ2n) is 8.65. The van der Waals surface area contributed by atoms with Crippen molar-refractivity contribution in [3.63, 3.8) is 0 Å². The van der Waals surface area contributed by atoms with E-state index < -0.39 is 38.7 Å². The maximum Gasteiger partial charge on any atom is 0.419 e. The highest BCUT2D eigenvalue weighted by Crippen LogP contribution is 2.50. The Kier molecular flexibility index (Phi) is 4.45. The van der Waals surface area contributed by atoms with E-state index in [1.165, 1.54) is 29.7 Å². The molecule has 13 heteroatoms. The second-order valence-corrected chi connectivity index (χ2v) is 10.5. The van der Waals surface area contributed by atoms with E-state index in [1.807, 2.05) is 0 Å².